The number of nitrogens with zero attached hydrogens (tertiary/aromatic N) is 2. The second kappa shape index (κ2) is 11.4. The topological polar surface area (TPSA) is 101 Å². The number of benzene rings is 3. The minimum Gasteiger partial charge on any atom is -0.438 e. The molecule has 0 spiro atoms. The minimum atomic E-state index is -0.917. The van der Waals surface area contributed by atoms with Gasteiger partial charge in [0.25, 0.3) is 5.91 Å². The highest BCUT2D eigenvalue weighted by atomic mass is 16.6. The van der Waals surface area contributed by atoms with E-state index in [0.717, 1.165) is 11.1 Å². The number of ether oxygens (including phenoxy) is 1. The van der Waals surface area contributed by atoms with Crippen LogP contribution in [0.4, 0.5) is 10.5 Å². The first-order valence-electron chi connectivity index (χ1n) is 12.2. The second-order valence-electron chi connectivity index (χ2n) is 8.89. The highest BCUT2D eigenvalue weighted by molar-refractivity contribution is 6.04. The molecule has 0 radical (unpaired) electrons. The molecule has 2 atom stereocenters. The number of cyclic esters (lactones) is 1. The molecular formula is C30H26N4O4. The smallest absolute Gasteiger partial charge is 0.411 e. The summed E-state index contributed by atoms with van der Waals surface area (Å²) in [7, 11) is 0. The maximum atomic E-state index is 13.5. The lowest BCUT2D eigenvalue weighted by atomic mass is 10.00. The molecule has 8 nitrogen and oxygen atoms in total. The summed E-state index contributed by atoms with van der Waals surface area (Å²) >= 11 is 0. The first-order valence-corrected chi connectivity index (χ1v) is 12.2. The molecule has 1 fully saturated rings. The molecule has 0 saturated carbocycles. The lowest BCUT2D eigenvalue weighted by molar-refractivity contribution is -0.126. The number of carbonyl (C=O) groups excluding carboxylic acids is 3. The van der Waals surface area contributed by atoms with Crippen LogP contribution < -0.4 is 10.6 Å². The fourth-order valence-corrected chi connectivity index (χ4v) is 4.37. The lowest BCUT2D eigenvalue weighted by Crippen LogP contribution is -2.46. The Labute approximate surface area is 220 Å². The summed E-state index contributed by atoms with van der Waals surface area (Å²) < 4.78 is 5.76. The van der Waals surface area contributed by atoms with Gasteiger partial charge in [-0.2, -0.15) is 0 Å². The quantitative estimate of drug-likeness (QED) is 0.360. The van der Waals surface area contributed by atoms with E-state index in [0.29, 0.717) is 16.8 Å². The summed E-state index contributed by atoms with van der Waals surface area (Å²) in [5.74, 6) is -0.609. The van der Waals surface area contributed by atoms with Gasteiger partial charge < -0.3 is 15.4 Å². The average Bonchev–Trinajstić information content (AvgIpc) is 3.29. The van der Waals surface area contributed by atoms with Gasteiger partial charge >= 0.3 is 6.09 Å². The van der Waals surface area contributed by atoms with Crippen molar-refractivity contribution in [3.05, 3.63) is 132 Å². The number of rotatable bonds is 8. The van der Waals surface area contributed by atoms with Crippen LogP contribution in [0.25, 0.3) is 0 Å². The van der Waals surface area contributed by atoms with Crippen molar-refractivity contribution in [2.24, 2.45) is 0 Å². The molecule has 1 saturated heterocycles. The second-order valence-corrected chi connectivity index (χ2v) is 8.89. The van der Waals surface area contributed by atoms with Crippen LogP contribution in [0, 0.1) is 0 Å². The molecule has 2 heterocycles. The van der Waals surface area contributed by atoms with Crippen molar-refractivity contribution >= 4 is 23.6 Å². The largest absolute Gasteiger partial charge is 0.438 e. The zero-order valence-corrected chi connectivity index (χ0v) is 20.5. The van der Waals surface area contributed by atoms with Crippen molar-refractivity contribution in [3.8, 4) is 0 Å². The summed E-state index contributed by atoms with van der Waals surface area (Å²) in [4.78, 5) is 44.8. The number of hydrogen-bond donors (Lipinski definition) is 2. The number of amides is 3. The molecule has 2 N–H and O–H groups in total. The number of nitrogens with one attached hydrogen (secondary N) is 2. The molecule has 5 rings (SSSR count). The van der Waals surface area contributed by atoms with Gasteiger partial charge in [-0.1, -0.05) is 66.7 Å². The van der Waals surface area contributed by atoms with E-state index in [1.54, 1.807) is 67.0 Å². The van der Waals surface area contributed by atoms with Gasteiger partial charge in [-0.25, -0.2) is 4.79 Å². The lowest BCUT2D eigenvalue weighted by Gasteiger charge is -2.24. The number of hydrogen-bond acceptors (Lipinski definition) is 5. The van der Waals surface area contributed by atoms with Crippen LogP contribution >= 0.6 is 0 Å². The van der Waals surface area contributed by atoms with Crippen LogP contribution in [0.15, 0.2) is 109 Å². The summed E-state index contributed by atoms with van der Waals surface area (Å²) in [6, 6.07) is 28.1. The third-order valence-electron chi connectivity index (χ3n) is 6.25. The number of anilines is 1. The molecule has 1 aromatic heterocycles. The van der Waals surface area contributed by atoms with Crippen LogP contribution in [0.5, 0.6) is 0 Å². The fourth-order valence-electron chi connectivity index (χ4n) is 4.37. The van der Waals surface area contributed by atoms with Crippen molar-refractivity contribution in [1.29, 1.82) is 0 Å². The predicted molar refractivity (Wildman–Crippen MR) is 142 cm³/mol. The Morgan fingerprint density at radius 2 is 1.61 bits per heavy atom. The molecule has 190 valence electrons. The van der Waals surface area contributed by atoms with Gasteiger partial charge in [0.1, 0.15) is 0 Å². The molecule has 0 bridgehead atoms. The average molecular weight is 507 g/mol. The van der Waals surface area contributed by atoms with Crippen LogP contribution in [-0.4, -0.2) is 33.8 Å². The van der Waals surface area contributed by atoms with Crippen LogP contribution in [0.2, 0.25) is 0 Å². The number of carbonyl (C=O) groups is 3. The summed E-state index contributed by atoms with van der Waals surface area (Å²) in [5, 5.41) is 5.80. The maximum Gasteiger partial charge on any atom is 0.411 e. The minimum absolute atomic E-state index is 0.214. The highest BCUT2D eigenvalue weighted by Crippen LogP contribution is 2.35. The van der Waals surface area contributed by atoms with E-state index in [1.807, 2.05) is 42.5 Å². The number of aromatic nitrogens is 1. The Morgan fingerprint density at radius 1 is 0.868 bits per heavy atom. The molecule has 3 amide bonds. The van der Waals surface area contributed by atoms with Crippen molar-refractivity contribution in [2.45, 2.75) is 25.2 Å². The third-order valence-corrected chi connectivity index (χ3v) is 6.25. The van der Waals surface area contributed by atoms with Gasteiger partial charge in [-0.05, 0) is 47.0 Å². The van der Waals surface area contributed by atoms with Crippen molar-refractivity contribution in [3.63, 3.8) is 0 Å². The molecule has 3 aromatic carbocycles. The first kappa shape index (κ1) is 24.7. The Morgan fingerprint density at radius 3 is 2.34 bits per heavy atom. The highest BCUT2D eigenvalue weighted by Gasteiger charge is 2.47. The molecule has 38 heavy (non-hydrogen) atoms. The van der Waals surface area contributed by atoms with E-state index in [4.69, 9.17) is 4.74 Å². The Bertz CT molecular complexity index is 1410. The molecule has 1 aliphatic heterocycles. The van der Waals surface area contributed by atoms with Crippen LogP contribution in [0.1, 0.15) is 33.2 Å². The monoisotopic (exact) mass is 506 g/mol. The summed E-state index contributed by atoms with van der Waals surface area (Å²) in [6.45, 7) is 0.474. The number of pyridine rings is 1. The van der Waals surface area contributed by atoms with Gasteiger partial charge in [0.15, 0.2) is 12.1 Å². The zero-order chi connectivity index (χ0) is 26.3. The van der Waals surface area contributed by atoms with Crippen molar-refractivity contribution < 1.29 is 19.1 Å². The van der Waals surface area contributed by atoms with Crippen molar-refractivity contribution in [2.75, 3.05) is 5.32 Å². The Hall–Kier alpha value is -4.98. The standard InChI is InChI=1S/C30H26N4O4/c35-28(23-12-5-2-6-13-23)33-25-15-7-14-24(17-25)27-26(29(36)32-19-22-11-8-16-31-18-22)34(30(37)38-27)20-21-9-3-1-4-10-21/h1-18,26-27H,19-20H2,(H,32,36)(H,33,35)/t26-,27+/m0/s1. The van der Waals surface area contributed by atoms with Gasteiger partial charge in [0, 0.05) is 30.2 Å². The normalized spacial score (nSPS) is 16.5. The zero-order valence-electron chi connectivity index (χ0n) is 20.5. The predicted octanol–water partition coefficient (Wildman–Crippen LogP) is 4.71. The van der Waals surface area contributed by atoms with E-state index in [9.17, 15) is 14.4 Å². The maximum absolute atomic E-state index is 13.5. The van der Waals surface area contributed by atoms with E-state index >= 15 is 0 Å². The summed E-state index contributed by atoms with van der Waals surface area (Å²) in [5.41, 5.74) is 3.36. The summed E-state index contributed by atoms with van der Waals surface area (Å²) in [6.07, 6.45) is 1.89. The van der Waals surface area contributed by atoms with E-state index in [2.05, 4.69) is 15.6 Å². The molecule has 8 heteroatoms. The van der Waals surface area contributed by atoms with Gasteiger partial charge in [-0.15, -0.1) is 0 Å². The Balaban J connectivity index is 1.40. The van der Waals surface area contributed by atoms with Crippen molar-refractivity contribution in [1.82, 2.24) is 15.2 Å². The van der Waals surface area contributed by atoms with E-state index in [1.165, 1.54) is 4.90 Å². The van der Waals surface area contributed by atoms with Gasteiger partial charge in [0.2, 0.25) is 5.91 Å². The van der Waals surface area contributed by atoms with Gasteiger partial charge in [0.05, 0.1) is 6.54 Å². The van der Waals surface area contributed by atoms with E-state index in [-0.39, 0.29) is 24.9 Å². The molecule has 4 aromatic rings. The fraction of sp³-hybridized carbons (Fsp3) is 0.133. The molecule has 0 aliphatic carbocycles. The third kappa shape index (κ3) is 5.70. The molecule has 0 unspecified atom stereocenters. The Kier molecular flexibility index (Phi) is 7.40. The first-order chi connectivity index (χ1) is 18.6. The SMILES string of the molecule is O=C(Nc1cccc([C@H]2OC(=O)N(Cc3ccccc3)[C@@H]2C(=O)NCc2cccnc2)c1)c1ccccc1. The van der Waals surface area contributed by atoms with Crippen LogP contribution in [0.3, 0.4) is 0 Å². The molecule has 1 aliphatic rings. The van der Waals surface area contributed by atoms with Crippen LogP contribution in [-0.2, 0) is 22.6 Å². The van der Waals surface area contributed by atoms with Gasteiger partial charge in [-0.3, -0.25) is 19.5 Å². The van der Waals surface area contributed by atoms with E-state index < -0.39 is 18.2 Å². The molecular weight excluding hydrogens is 480 g/mol.